The van der Waals surface area contributed by atoms with Crippen LogP contribution in [0.3, 0.4) is 0 Å². The standard InChI is InChI=1S/C18H18FN3O4S/c1-3-10-20-27(25,26)15-7-4-13(5-8-15)18(24)22-14-6-9-16(19)17(11-14)21-12(2)23/h3-9,11,20H,1,10H2,2H3,(H,21,23)(H,22,24). The van der Waals surface area contributed by atoms with E-state index in [-0.39, 0.29) is 28.4 Å². The van der Waals surface area contributed by atoms with Gasteiger partial charge < -0.3 is 10.6 Å². The van der Waals surface area contributed by atoms with Gasteiger partial charge in [-0.05, 0) is 42.5 Å². The molecule has 27 heavy (non-hydrogen) atoms. The van der Waals surface area contributed by atoms with Gasteiger partial charge >= 0.3 is 0 Å². The van der Waals surface area contributed by atoms with Gasteiger partial charge in [0.25, 0.3) is 5.91 Å². The van der Waals surface area contributed by atoms with E-state index in [0.29, 0.717) is 0 Å². The number of rotatable bonds is 7. The molecule has 142 valence electrons. The molecule has 0 aromatic heterocycles. The average molecular weight is 391 g/mol. The molecule has 0 unspecified atom stereocenters. The Morgan fingerprint density at radius 3 is 2.37 bits per heavy atom. The summed E-state index contributed by atoms with van der Waals surface area (Å²) in [6.07, 6.45) is 1.41. The maximum Gasteiger partial charge on any atom is 0.255 e. The van der Waals surface area contributed by atoms with Crippen LogP contribution in [0.5, 0.6) is 0 Å². The molecule has 2 aromatic rings. The molecule has 3 N–H and O–H groups in total. The third kappa shape index (κ3) is 5.47. The molecule has 2 rings (SSSR count). The van der Waals surface area contributed by atoms with Gasteiger partial charge in [-0.25, -0.2) is 17.5 Å². The average Bonchev–Trinajstić information content (AvgIpc) is 2.62. The summed E-state index contributed by atoms with van der Waals surface area (Å²) in [7, 11) is -3.68. The molecule has 0 aliphatic rings. The highest BCUT2D eigenvalue weighted by Gasteiger charge is 2.14. The fraction of sp³-hybridized carbons (Fsp3) is 0.111. The summed E-state index contributed by atoms with van der Waals surface area (Å²) in [5.41, 5.74) is 0.424. The van der Waals surface area contributed by atoms with Crippen LogP contribution in [0.25, 0.3) is 0 Å². The van der Waals surface area contributed by atoms with E-state index in [9.17, 15) is 22.4 Å². The summed E-state index contributed by atoms with van der Waals surface area (Å²) in [6, 6.07) is 9.05. The number of anilines is 2. The molecule has 0 heterocycles. The molecule has 0 aliphatic carbocycles. The van der Waals surface area contributed by atoms with Crippen LogP contribution in [-0.2, 0) is 14.8 Å². The lowest BCUT2D eigenvalue weighted by atomic mass is 10.2. The van der Waals surface area contributed by atoms with Crippen LogP contribution < -0.4 is 15.4 Å². The van der Waals surface area contributed by atoms with Crippen LogP contribution >= 0.6 is 0 Å². The van der Waals surface area contributed by atoms with Crippen molar-refractivity contribution in [2.45, 2.75) is 11.8 Å². The lowest BCUT2D eigenvalue weighted by molar-refractivity contribution is -0.114. The van der Waals surface area contributed by atoms with E-state index in [4.69, 9.17) is 0 Å². The zero-order valence-corrected chi connectivity index (χ0v) is 15.3. The minimum absolute atomic E-state index is 0.00984. The molecule has 2 aromatic carbocycles. The normalized spacial score (nSPS) is 10.9. The van der Waals surface area contributed by atoms with Crippen molar-refractivity contribution in [2.75, 3.05) is 17.2 Å². The monoisotopic (exact) mass is 391 g/mol. The lowest BCUT2D eigenvalue weighted by Gasteiger charge is -2.10. The third-order valence-corrected chi connectivity index (χ3v) is 4.82. The number of amides is 2. The summed E-state index contributed by atoms with van der Waals surface area (Å²) >= 11 is 0. The van der Waals surface area contributed by atoms with Crippen molar-refractivity contribution in [2.24, 2.45) is 0 Å². The fourth-order valence-electron chi connectivity index (χ4n) is 2.13. The van der Waals surface area contributed by atoms with Gasteiger partial charge in [-0.1, -0.05) is 6.08 Å². The number of nitrogens with one attached hydrogen (secondary N) is 3. The van der Waals surface area contributed by atoms with Crippen molar-refractivity contribution in [1.29, 1.82) is 0 Å². The minimum Gasteiger partial charge on any atom is -0.324 e. The SMILES string of the molecule is C=CCNS(=O)(=O)c1ccc(C(=O)Nc2ccc(F)c(NC(C)=O)c2)cc1. The van der Waals surface area contributed by atoms with Crippen LogP contribution in [0.1, 0.15) is 17.3 Å². The molecule has 0 saturated heterocycles. The number of halogens is 1. The zero-order valence-electron chi connectivity index (χ0n) is 14.5. The van der Waals surface area contributed by atoms with Gasteiger partial charge in [0.15, 0.2) is 0 Å². The fourth-order valence-corrected chi connectivity index (χ4v) is 3.13. The molecular formula is C18H18FN3O4S. The lowest BCUT2D eigenvalue weighted by Crippen LogP contribution is -2.23. The van der Waals surface area contributed by atoms with Gasteiger partial charge in [0.05, 0.1) is 10.6 Å². The first-order valence-electron chi connectivity index (χ1n) is 7.82. The number of hydrogen-bond donors (Lipinski definition) is 3. The number of hydrogen-bond acceptors (Lipinski definition) is 4. The topological polar surface area (TPSA) is 104 Å². The van der Waals surface area contributed by atoms with Crippen LogP contribution in [-0.4, -0.2) is 26.8 Å². The molecule has 0 spiro atoms. The zero-order chi connectivity index (χ0) is 20.0. The third-order valence-electron chi connectivity index (χ3n) is 3.38. The largest absolute Gasteiger partial charge is 0.324 e. The molecule has 0 fully saturated rings. The predicted octanol–water partition coefficient (Wildman–Crippen LogP) is 2.50. The Morgan fingerprint density at radius 2 is 1.78 bits per heavy atom. The summed E-state index contributed by atoms with van der Waals surface area (Å²) < 4.78 is 39.9. The highest BCUT2D eigenvalue weighted by molar-refractivity contribution is 7.89. The Hall–Kier alpha value is -3.04. The van der Waals surface area contributed by atoms with Gasteiger partial charge in [-0.15, -0.1) is 6.58 Å². The molecule has 0 saturated carbocycles. The Labute approximate surface area is 156 Å². The van der Waals surface area contributed by atoms with Crippen molar-refractivity contribution in [3.63, 3.8) is 0 Å². The van der Waals surface area contributed by atoms with E-state index in [0.717, 1.165) is 6.07 Å². The van der Waals surface area contributed by atoms with Crippen molar-refractivity contribution in [3.8, 4) is 0 Å². The number of benzene rings is 2. The molecule has 7 nitrogen and oxygen atoms in total. The maximum atomic E-state index is 13.6. The van der Waals surface area contributed by atoms with E-state index in [1.807, 2.05) is 0 Å². The van der Waals surface area contributed by atoms with Crippen LogP contribution in [0, 0.1) is 5.82 Å². The quantitative estimate of drug-likeness (QED) is 0.631. The Kier molecular flexibility index (Phi) is 6.43. The van der Waals surface area contributed by atoms with E-state index < -0.39 is 27.7 Å². The molecule has 2 amide bonds. The summed E-state index contributed by atoms with van der Waals surface area (Å²) in [5, 5.41) is 4.88. The van der Waals surface area contributed by atoms with Crippen LogP contribution in [0.2, 0.25) is 0 Å². The van der Waals surface area contributed by atoms with Gasteiger partial charge in [0.1, 0.15) is 5.82 Å². The summed E-state index contributed by atoms with van der Waals surface area (Å²) in [5.74, 6) is -1.59. The maximum absolute atomic E-state index is 13.6. The number of carbonyl (C=O) groups excluding carboxylic acids is 2. The second-order valence-electron chi connectivity index (χ2n) is 5.49. The number of sulfonamides is 1. The first-order chi connectivity index (χ1) is 12.7. The molecular weight excluding hydrogens is 373 g/mol. The van der Waals surface area contributed by atoms with E-state index in [2.05, 4.69) is 21.9 Å². The first kappa shape index (κ1) is 20.3. The molecule has 0 radical (unpaired) electrons. The second-order valence-corrected chi connectivity index (χ2v) is 7.26. The Bertz CT molecular complexity index is 973. The van der Waals surface area contributed by atoms with Crippen molar-refractivity contribution >= 4 is 33.2 Å². The van der Waals surface area contributed by atoms with E-state index in [1.54, 1.807) is 0 Å². The highest BCUT2D eigenvalue weighted by Crippen LogP contribution is 2.20. The second kappa shape index (κ2) is 8.56. The Balaban J connectivity index is 2.15. The van der Waals surface area contributed by atoms with Crippen molar-refractivity contribution in [1.82, 2.24) is 4.72 Å². The smallest absolute Gasteiger partial charge is 0.255 e. The highest BCUT2D eigenvalue weighted by atomic mass is 32.2. The molecule has 0 atom stereocenters. The minimum atomic E-state index is -3.68. The van der Waals surface area contributed by atoms with E-state index >= 15 is 0 Å². The Morgan fingerprint density at radius 1 is 1.11 bits per heavy atom. The molecule has 9 heteroatoms. The predicted molar refractivity (Wildman–Crippen MR) is 100 cm³/mol. The van der Waals surface area contributed by atoms with Gasteiger partial charge in [0, 0.05) is 24.7 Å². The van der Waals surface area contributed by atoms with Crippen LogP contribution in [0.15, 0.2) is 60.0 Å². The summed E-state index contributed by atoms with van der Waals surface area (Å²) in [4.78, 5) is 23.4. The molecule has 0 bridgehead atoms. The van der Waals surface area contributed by atoms with Gasteiger partial charge in [0.2, 0.25) is 15.9 Å². The van der Waals surface area contributed by atoms with Gasteiger partial charge in [-0.3, -0.25) is 9.59 Å². The van der Waals surface area contributed by atoms with Crippen LogP contribution in [0.4, 0.5) is 15.8 Å². The molecule has 0 aliphatic heterocycles. The summed E-state index contributed by atoms with van der Waals surface area (Å²) in [6.45, 7) is 4.76. The van der Waals surface area contributed by atoms with E-state index in [1.165, 1.54) is 49.4 Å². The van der Waals surface area contributed by atoms with Gasteiger partial charge in [-0.2, -0.15) is 0 Å². The van der Waals surface area contributed by atoms with Crippen molar-refractivity contribution in [3.05, 3.63) is 66.5 Å². The number of carbonyl (C=O) groups is 2. The first-order valence-corrected chi connectivity index (χ1v) is 9.30. The van der Waals surface area contributed by atoms with Crippen molar-refractivity contribution < 1.29 is 22.4 Å².